The standard InChI is InChI=1S/C66H38F4N4/c1-72-56-24-28-58(29-25-56)74(60-38-50(44-8-20-54(69)21-9-44)35-51(39-60)45-10-22-55(70)23-11-45)64-33-15-47-12-30-61-63(32-14-46-13-31-62(64)66(47)65(46)61)73(57-26-2-41(40-71)3-27-57)59-36-48(42-4-16-52(67)17-5-42)34-49(37-59)43-6-18-53(68)19-7-43/h2-39H. The van der Waals surface area contributed by atoms with Gasteiger partial charge in [0.25, 0.3) is 0 Å². The molecule has 0 amide bonds. The van der Waals surface area contributed by atoms with Crippen LogP contribution in [0, 0.1) is 41.2 Å². The van der Waals surface area contributed by atoms with E-state index in [1.807, 2.05) is 36.4 Å². The molecule has 0 fully saturated rings. The van der Waals surface area contributed by atoms with Crippen LogP contribution in [-0.4, -0.2) is 0 Å². The molecule has 12 aromatic rings. The summed E-state index contributed by atoms with van der Waals surface area (Å²) in [4.78, 5) is 8.02. The van der Waals surface area contributed by atoms with E-state index in [9.17, 15) is 22.8 Å². The van der Waals surface area contributed by atoms with Gasteiger partial charge in [0.1, 0.15) is 23.3 Å². The molecule has 74 heavy (non-hydrogen) atoms. The van der Waals surface area contributed by atoms with Crippen LogP contribution >= 0.6 is 0 Å². The van der Waals surface area contributed by atoms with E-state index < -0.39 is 0 Å². The summed E-state index contributed by atoms with van der Waals surface area (Å²) in [5.74, 6) is -1.41. The van der Waals surface area contributed by atoms with Gasteiger partial charge in [-0.05, 0) is 200 Å². The Hall–Kier alpha value is -10.0. The normalized spacial score (nSPS) is 11.2. The summed E-state index contributed by atoms with van der Waals surface area (Å²) in [7, 11) is 0. The van der Waals surface area contributed by atoms with Crippen molar-refractivity contribution in [2.45, 2.75) is 0 Å². The quantitative estimate of drug-likeness (QED) is 0.0778. The van der Waals surface area contributed by atoms with Gasteiger partial charge < -0.3 is 9.80 Å². The summed E-state index contributed by atoms with van der Waals surface area (Å²) in [6.07, 6.45) is 0. The number of halogens is 4. The zero-order chi connectivity index (χ0) is 50.5. The summed E-state index contributed by atoms with van der Waals surface area (Å²) < 4.78 is 57.5. The lowest BCUT2D eigenvalue weighted by Crippen LogP contribution is -2.12. The van der Waals surface area contributed by atoms with Crippen molar-refractivity contribution in [1.82, 2.24) is 0 Å². The number of hydrogen-bond acceptors (Lipinski definition) is 3. The van der Waals surface area contributed by atoms with Crippen LogP contribution in [0.4, 0.5) is 57.4 Å². The molecule has 12 rings (SSSR count). The third kappa shape index (κ3) is 8.37. The smallest absolute Gasteiger partial charge is 0.187 e. The minimum atomic E-state index is -0.353. The van der Waals surface area contributed by atoms with Crippen LogP contribution in [-0.2, 0) is 0 Å². The second-order valence-electron chi connectivity index (χ2n) is 18.1. The fourth-order valence-corrected chi connectivity index (χ4v) is 10.1. The molecule has 0 N–H and O–H groups in total. The minimum Gasteiger partial charge on any atom is -0.310 e. The van der Waals surface area contributed by atoms with E-state index in [1.54, 1.807) is 72.8 Å². The van der Waals surface area contributed by atoms with Crippen LogP contribution in [0.2, 0.25) is 0 Å². The molecule has 4 nitrogen and oxygen atoms in total. The van der Waals surface area contributed by atoms with Crippen molar-refractivity contribution in [2.24, 2.45) is 0 Å². The Morgan fingerprint density at radius 3 is 0.986 bits per heavy atom. The molecule has 0 heterocycles. The van der Waals surface area contributed by atoms with E-state index in [0.29, 0.717) is 11.3 Å². The van der Waals surface area contributed by atoms with E-state index in [0.717, 1.165) is 111 Å². The van der Waals surface area contributed by atoms with Crippen LogP contribution in [0.5, 0.6) is 0 Å². The molecule has 8 heteroatoms. The van der Waals surface area contributed by atoms with Crippen molar-refractivity contribution in [3.05, 3.63) is 271 Å². The van der Waals surface area contributed by atoms with Crippen molar-refractivity contribution in [2.75, 3.05) is 9.80 Å². The molecule has 0 aliphatic carbocycles. The van der Waals surface area contributed by atoms with Crippen molar-refractivity contribution >= 4 is 72.1 Å². The van der Waals surface area contributed by atoms with Gasteiger partial charge in [-0.3, -0.25) is 0 Å². The molecule has 0 atom stereocenters. The topological polar surface area (TPSA) is 34.6 Å². The Morgan fingerprint density at radius 2 is 0.662 bits per heavy atom. The Labute approximate surface area is 424 Å². The molecule has 0 saturated heterocycles. The van der Waals surface area contributed by atoms with Crippen LogP contribution in [0.15, 0.2) is 231 Å². The Kier molecular flexibility index (Phi) is 11.4. The van der Waals surface area contributed by atoms with E-state index in [4.69, 9.17) is 6.57 Å². The number of hydrogen-bond donors (Lipinski definition) is 0. The highest BCUT2D eigenvalue weighted by Crippen LogP contribution is 2.49. The molecule has 0 aliphatic rings. The molecule has 0 radical (unpaired) electrons. The summed E-state index contributed by atoms with van der Waals surface area (Å²) in [5.41, 5.74) is 12.3. The third-order valence-electron chi connectivity index (χ3n) is 13.7. The maximum absolute atomic E-state index is 14.4. The first kappa shape index (κ1) is 45.1. The number of benzene rings is 12. The lowest BCUT2D eigenvalue weighted by atomic mass is 9.91. The van der Waals surface area contributed by atoms with Gasteiger partial charge in [-0.15, -0.1) is 0 Å². The molecule has 0 saturated carbocycles. The molecule has 12 aromatic carbocycles. The maximum atomic E-state index is 14.4. The van der Waals surface area contributed by atoms with Crippen molar-refractivity contribution in [3.63, 3.8) is 0 Å². The molecule has 350 valence electrons. The van der Waals surface area contributed by atoms with Crippen LogP contribution < -0.4 is 9.80 Å². The molecule has 0 unspecified atom stereocenters. The number of anilines is 6. The zero-order valence-electron chi connectivity index (χ0n) is 39.2. The van der Waals surface area contributed by atoms with E-state index >= 15 is 0 Å². The second kappa shape index (κ2) is 18.6. The monoisotopic (exact) mass is 962 g/mol. The number of nitrogens with zero attached hydrogens (tertiary/aromatic N) is 4. The fraction of sp³-hybridized carbons (Fsp3) is 0. The van der Waals surface area contributed by atoms with Gasteiger partial charge in [-0.2, -0.15) is 5.26 Å². The Balaban J connectivity index is 1.10. The number of rotatable bonds is 10. The first-order chi connectivity index (χ1) is 36.2. The molecular weight excluding hydrogens is 925 g/mol. The zero-order valence-corrected chi connectivity index (χ0v) is 39.2. The minimum absolute atomic E-state index is 0.352. The summed E-state index contributed by atoms with van der Waals surface area (Å²) in [6, 6.07) is 71.9. The van der Waals surface area contributed by atoms with Crippen molar-refractivity contribution < 1.29 is 17.6 Å². The van der Waals surface area contributed by atoms with Gasteiger partial charge in [0.05, 0.1) is 29.6 Å². The van der Waals surface area contributed by atoms with Gasteiger partial charge in [0, 0.05) is 33.5 Å². The lowest BCUT2D eigenvalue weighted by Gasteiger charge is -2.30. The first-order valence-corrected chi connectivity index (χ1v) is 23.8. The van der Waals surface area contributed by atoms with Gasteiger partial charge >= 0.3 is 0 Å². The van der Waals surface area contributed by atoms with Gasteiger partial charge in [0.2, 0.25) is 0 Å². The maximum Gasteiger partial charge on any atom is 0.187 e. The second-order valence-corrected chi connectivity index (χ2v) is 18.1. The lowest BCUT2D eigenvalue weighted by molar-refractivity contribution is 0.627. The predicted molar refractivity (Wildman–Crippen MR) is 292 cm³/mol. The molecule has 0 spiro atoms. The van der Waals surface area contributed by atoms with E-state index in [-0.39, 0.29) is 23.3 Å². The Morgan fingerprint density at radius 1 is 0.338 bits per heavy atom. The highest BCUT2D eigenvalue weighted by Gasteiger charge is 2.24. The third-order valence-corrected chi connectivity index (χ3v) is 13.7. The van der Waals surface area contributed by atoms with E-state index in [1.165, 1.54) is 48.5 Å². The summed E-state index contributed by atoms with van der Waals surface area (Å²) >= 11 is 0. The first-order valence-electron chi connectivity index (χ1n) is 23.8. The van der Waals surface area contributed by atoms with Crippen LogP contribution in [0.25, 0.3) is 81.7 Å². The van der Waals surface area contributed by atoms with Crippen LogP contribution in [0.3, 0.4) is 0 Å². The van der Waals surface area contributed by atoms with Gasteiger partial charge in [-0.1, -0.05) is 97.1 Å². The Bertz CT molecular complexity index is 3760. The molecule has 0 bridgehead atoms. The highest BCUT2D eigenvalue weighted by atomic mass is 19.1. The summed E-state index contributed by atoms with van der Waals surface area (Å²) in [5, 5.41) is 15.8. The highest BCUT2D eigenvalue weighted by molar-refractivity contribution is 6.28. The van der Waals surface area contributed by atoms with Crippen molar-refractivity contribution in [1.29, 1.82) is 5.26 Å². The average molecular weight is 963 g/mol. The summed E-state index contributed by atoms with van der Waals surface area (Å²) in [6.45, 7) is 7.76. The molecule has 0 aromatic heterocycles. The average Bonchev–Trinajstić information content (AvgIpc) is 3.44. The van der Waals surface area contributed by atoms with Gasteiger partial charge in [-0.25, -0.2) is 22.4 Å². The van der Waals surface area contributed by atoms with Gasteiger partial charge in [0.15, 0.2) is 5.69 Å². The number of nitriles is 1. The predicted octanol–water partition coefficient (Wildman–Crippen LogP) is 19.2. The van der Waals surface area contributed by atoms with Crippen molar-refractivity contribution in [3.8, 4) is 50.6 Å². The SMILES string of the molecule is [C-]#[N+]c1ccc(N(c2cc(-c3ccc(F)cc3)cc(-c3ccc(F)cc3)c2)c2ccc3ccc4c(N(c5ccc(C#N)cc5)c5cc(-c6ccc(F)cc6)cc(-c6ccc(F)cc6)c5)ccc5ccc2c3c54)cc1. The fourth-order valence-electron chi connectivity index (χ4n) is 10.1. The molecular formula is C66H38F4N4. The molecule has 0 aliphatic heterocycles. The largest absolute Gasteiger partial charge is 0.310 e. The van der Waals surface area contributed by atoms with Crippen LogP contribution in [0.1, 0.15) is 5.56 Å². The van der Waals surface area contributed by atoms with E-state index in [2.05, 4.69) is 93.5 Å².